The van der Waals surface area contributed by atoms with E-state index in [1.165, 1.54) is 19.3 Å². The van der Waals surface area contributed by atoms with Crippen LogP contribution < -0.4 is 11.1 Å². The van der Waals surface area contributed by atoms with E-state index in [1.807, 2.05) is 18.3 Å². The summed E-state index contributed by atoms with van der Waals surface area (Å²) in [5.41, 5.74) is 6.65. The Morgan fingerprint density at radius 3 is 3.24 bits per heavy atom. The molecule has 5 heteroatoms. The van der Waals surface area contributed by atoms with Crippen LogP contribution in [0.25, 0.3) is 5.65 Å². The van der Waals surface area contributed by atoms with Crippen LogP contribution in [-0.2, 0) is 0 Å². The van der Waals surface area contributed by atoms with E-state index in [9.17, 15) is 0 Å². The lowest BCUT2D eigenvalue weighted by Crippen LogP contribution is -2.29. The molecule has 2 heterocycles. The summed E-state index contributed by atoms with van der Waals surface area (Å²) >= 11 is 0. The summed E-state index contributed by atoms with van der Waals surface area (Å²) in [7, 11) is 0. The zero-order valence-corrected chi connectivity index (χ0v) is 9.71. The van der Waals surface area contributed by atoms with Gasteiger partial charge in [0.05, 0.1) is 6.20 Å². The standard InChI is InChI=1S/C12H17N5/c13-8-9-2-1-3-10(9)15-11-5-7-17-12(16-11)4-6-14-17/h4-7,9-10H,1-3,8,13H2,(H,15,16). The van der Waals surface area contributed by atoms with Gasteiger partial charge in [0.1, 0.15) is 5.82 Å². The van der Waals surface area contributed by atoms with E-state index in [1.54, 1.807) is 10.7 Å². The van der Waals surface area contributed by atoms with Crippen molar-refractivity contribution in [2.45, 2.75) is 25.3 Å². The average Bonchev–Trinajstić information content (AvgIpc) is 2.96. The highest BCUT2D eigenvalue weighted by Crippen LogP contribution is 2.27. The topological polar surface area (TPSA) is 68.2 Å². The highest BCUT2D eigenvalue weighted by molar-refractivity contribution is 5.46. The number of nitrogens with one attached hydrogen (secondary N) is 1. The fourth-order valence-electron chi connectivity index (χ4n) is 2.59. The van der Waals surface area contributed by atoms with Crippen molar-refractivity contribution in [3.63, 3.8) is 0 Å². The number of anilines is 1. The zero-order valence-electron chi connectivity index (χ0n) is 9.71. The van der Waals surface area contributed by atoms with Gasteiger partial charge in [-0.25, -0.2) is 9.50 Å². The molecular formula is C12H17N5. The Kier molecular flexibility index (Phi) is 2.68. The molecule has 3 rings (SSSR count). The second kappa shape index (κ2) is 4.33. The highest BCUT2D eigenvalue weighted by Gasteiger charge is 2.26. The Morgan fingerprint density at radius 2 is 2.35 bits per heavy atom. The van der Waals surface area contributed by atoms with Crippen LogP contribution in [0.5, 0.6) is 0 Å². The lowest BCUT2D eigenvalue weighted by atomic mass is 10.0. The lowest BCUT2D eigenvalue weighted by molar-refractivity contribution is 0.515. The van der Waals surface area contributed by atoms with E-state index >= 15 is 0 Å². The lowest BCUT2D eigenvalue weighted by Gasteiger charge is -2.19. The predicted octanol–water partition coefficient (Wildman–Crippen LogP) is 1.27. The SMILES string of the molecule is NCC1CCCC1Nc1ccn2nccc2n1. The number of hydrogen-bond acceptors (Lipinski definition) is 4. The summed E-state index contributed by atoms with van der Waals surface area (Å²) in [6, 6.07) is 4.34. The first-order chi connectivity index (χ1) is 8.36. The van der Waals surface area contributed by atoms with Gasteiger partial charge in [0, 0.05) is 18.3 Å². The van der Waals surface area contributed by atoms with E-state index < -0.39 is 0 Å². The van der Waals surface area contributed by atoms with Gasteiger partial charge in [-0.05, 0) is 31.4 Å². The van der Waals surface area contributed by atoms with Gasteiger partial charge in [0.15, 0.2) is 5.65 Å². The summed E-state index contributed by atoms with van der Waals surface area (Å²) in [6.07, 6.45) is 7.35. The summed E-state index contributed by atoms with van der Waals surface area (Å²) in [6.45, 7) is 0.757. The molecule has 2 aromatic heterocycles. The van der Waals surface area contributed by atoms with Gasteiger partial charge in [0.2, 0.25) is 0 Å². The number of nitrogens with zero attached hydrogens (tertiary/aromatic N) is 3. The maximum atomic E-state index is 5.78. The largest absolute Gasteiger partial charge is 0.367 e. The van der Waals surface area contributed by atoms with Crippen LogP contribution in [0.2, 0.25) is 0 Å². The third-order valence-corrected chi connectivity index (χ3v) is 3.55. The average molecular weight is 231 g/mol. The normalized spacial score (nSPS) is 24.3. The Hall–Kier alpha value is -1.62. The Bertz CT molecular complexity index is 506. The molecule has 0 amide bonds. The molecule has 0 saturated heterocycles. The third kappa shape index (κ3) is 1.98. The van der Waals surface area contributed by atoms with Crippen molar-refractivity contribution >= 4 is 11.5 Å². The number of aromatic nitrogens is 3. The number of rotatable bonds is 3. The zero-order chi connectivity index (χ0) is 11.7. The van der Waals surface area contributed by atoms with Gasteiger partial charge in [-0.1, -0.05) is 6.42 Å². The van der Waals surface area contributed by atoms with Gasteiger partial charge >= 0.3 is 0 Å². The number of fused-ring (bicyclic) bond motifs is 1. The van der Waals surface area contributed by atoms with Gasteiger partial charge in [-0.15, -0.1) is 0 Å². The van der Waals surface area contributed by atoms with Crippen LogP contribution in [0.4, 0.5) is 5.82 Å². The van der Waals surface area contributed by atoms with E-state index in [-0.39, 0.29) is 0 Å². The molecule has 2 unspecified atom stereocenters. The smallest absolute Gasteiger partial charge is 0.157 e. The van der Waals surface area contributed by atoms with Crippen LogP contribution in [0, 0.1) is 5.92 Å². The first kappa shape index (κ1) is 10.5. The van der Waals surface area contributed by atoms with Crippen LogP contribution in [0.1, 0.15) is 19.3 Å². The first-order valence-electron chi connectivity index (χ1n) is 6.14. The Morgan fingerprint density at radius 1 is 1.41 bits per heavy atom. The molecular weight excluding hydrogens is 214 g/mol. The maximum Gasteiger partial charge on any atom is 0.157 e. The molecule has 0 bridgehead atoms. The minimum absolute atomic E-state index is 0.470. The van der Waals surface area contributed by atoms with Gasteiger partial charge in [-0.2, -0.15) is 5.10 Å². The fourth-order valence-corrected chi connectivity index (χ4v) is 2.59. The quantitative estimate of drug-likeness (QED) is 0.834. The van der Waals surface area contributed by atoms with Crippen LogP contribution in [0.3, 0.4) is 0 Å². The highest BCUT2D eigenvalue weighted by atomic mass is 15.2. The molecule has 17 heavy (non-hydrogen) atoms. The molecule has 90 valence electrons. The molecule has 0 aliphatic heterocycles. The fraction of sp³-hybridized carbons (Fsp3) is 0.500. The Balaban J connectivity index is 1.79. The van der Waals surface area contributed by atoms with E-state index in [2.05, 4.69) is 15.4 Å². The molecule has 2 atom stereocenters. The molecule has 1 saturated carbocycles. The van der Waals surface area contributed by atoms with Gasteiger partial charge in [0.25, 0.3) is 0 Å². The van der Waals surface area contributed by atoms with E-state index in [4.69, 9.17) is 5.73 Å². The molecule has 0 radical (unpaired) electrons. The summed E-state index contributed by atoms with van der Waals surface area (Å²) in [4.78, 5) is 4.52. The molecule has 1 fully saturated rings. The molecule has 2 aromatic rings. The van der Waals surface area contributed by atoms with Crippen molar-refractivity contribution in [2.24, 2.45) is 11.7 Å². The predicted molar refractivity (Wildman–Crippen MR) is 66.8 cm³/mol. The molecule has 1 aliphatic carbocycles. The second-order valence-corrected chi connectivity index (χ2v) is 4.62. The summed E-state index contributed by atoms with van der Waals surface area (Å²) in [5.74, 6) is 1.50. The summed E-state index contributed by atoms with van der Waals surface area (Å²) in [5, 5.41) is 7.62. The molecule has 0 spiro atoms. The van der Waals surface area contributed by atoms with Crippen molar-refractivity contribution < 1.29 is 0 Å². The molecule has 3 N–H and O–H groups in total. The molecule has 5 nitrogen and oxygen atoms in total. The first-order valence-corrected chi connectivity index (χ1v) is 6.14. The minimum atomic E-state index is 0.470. The van der Waals surface area contributed by atoms with Crippen molar-refractivity contribution in [3.8, 4) is 0 Å². The van der Waals surface area contributed by atoms with E-state index in [0.29, 0.717) is 12.0 Å². The van der Waals surface area contributed by atoms with E-state index in [0.717, 1.165) is 18.0 Å². The van der Waals surface area contributed by atoms with Crippen molar-refractivity contribution in [1.29, 1.82) is 0 Å². The van der Waals surface area contributed by atoms with Crippen molar-refractivity contribution in [1.82, 2.24) is 14.6 Å². The van der Waals surface area contributed by atoms with Gasteiger partial charge < -0.3 is 11.1 Å². The van der Waals surface area contributed by atoms with Gasteiger partial charge in [-0.3, -0.25) is 0 Å². The number of hydrogen-bond donors (Lipinski definition) is 2. The van der Waals surface area contributed by atoms with Crippen LogP contribution in [-0.4, -0.2) is 27.2 Å². The summed E-state index contributed by atoms with van der Waals surface area (Å²) < 4.78 is 1.76. The third-order valence-electron chi connectivity index (χ3n) is 3.55. The van der Waals surface area contributed by atoms with Crippen LogP contribution in [0.15, 0.2) is 24.5 Å². The molecule has 0 aromatic carbocycles. The maximum absolute atomic E-state index is 5.78. The monoisotopic (exact) mass is 231 g/mol. The minimum Gasteiger partial charge on any atom is -0.367 e. The van der Waals surface area contributed by atoms with Crippen molar-refractivity contribution in [2.75, 3.05) is 11.9 Å². The molecule has 1 aliphatic rings. The Labute approximate surface area is 100 Å². The van der Waals surface area contributed by atoms with Crippen molar-refractivity contribution in [3.05, 3.63) is 24.5 Å². The number of nitrogens with two attached hydrogens (primary N) is 1. The second-order valence-electron chi connectivity index (χ2n) is 4.62. The van der Waals surface area contributed by atoms with Crippen LogP contribution >= 0.6 is 0 Å².